The van der Waals surface area contributed by atoms with E-state index >= 15 is 0 Å². The molecule has 0 atom stereocenters. The van der Waals surface area contributed by atoms with E-state index in [1.807, 2.05) is 12.1 Å². The van der Waals surface area contributed by atoms with Crippen LogP contribution < -0.4 is 5.73 Å². The fourth-order valence-electron chi connectivity index (χ4n) is 1.83. The van der Waals surface area contributed by atoms with Gasteiger partial charge in [-0.3, -0.25) is 0 Å². The van der Waals surface area contributed by atoms with Gasteiger partial charge in [0.25, 0.3) is 0 Å². The summed E-state index contributed by atoms with van der Waals surface area (Å²) in [6.07, 6.45) is 0. The Kier molecular flexibility index (Phi) is 3.98. The molecule has 0 amide bonds. The zero-order chi connectivity index (χ0) is 12.3. The SMILES string of the molecule is CC(C)N(C)CC(C)(C)c1ccc(N)cc1. The number of nitrogen functional groups attached to an aromatic ring is 1. The number of benzene rings is 1. The molecule has 0 radical (unpaired) electrons. The van der Waals surface area contributed by atoms with Crippen molar-refractivity contribution in [3.8, 4) is 0 Å². The average Bonchev–Trinajstić information content (AvgIpc) is 2.17. The normalized spacial score (nSPS) is 12.4. The quantitative estimate of drug-likeness (QED) is 0.791. The second-order valence-corrected chi connectivity index (χ2v) is 5.51. The Morgan fingerprint density at radius 2 is 1.69 bits per heavy atom. The molecule has 1 rings (SSSR count). The van der Waals surface area contributed by atoms with Gasteiger partial charge in [0.1, 0.15) is 0 Å². The number of hydrogen-bond donors (Lipinski definition) is 1. The van der Waals surface area contributed by atoms with Gasteiger partial charge in [-0.25, -0.2) is 0 Å². The molecule has 0 spiro atoms. The van der Waals surface area contributed by atoms with Crippen molar-refractivity contribution >= 4 is 5.69 Å². The Morgan fingerprint density at radius 1 is 1.19 bits per heavy atom. The minimum Gasteiger partial charge on any atom is -0.399 e. The maximum atomic E-state index is 5.71. The molecule has 0 saturated carbocycles. The maximum Gasteiger partial charge on any atom is 0.0314 e. The molecule has 0 fully saturated rings. The van der Waals surface area contributed by atoms with E-state index in [9.17, 15) is 0 Å². The largest absolute Gasteiger partial charge is 0.399 e. The lowest BCUT2D eigenvalue weighted by Gasteiger charge is -2.33. The third-order valence-electron chi connectivity index (χ3n) is 3.22. The zero-order valence-electron chi connectivity index (χ0n) is 11.1. The molecule has 0 heterocycles. The van der Waals surface area contributed by atoms with Gasteiger partial charge < -0.3 is 10.6 Å². The van der Waals surface area contributed by atoms with E-state index in [1.54, 1.807) is 0 Å². The Balaban J connectivity index is 2.80. The second kappa shape index (κ2) is 4.88. The molecule has 2 heteroatoms. The Hall–Kier alpha value is -1.02. The summed E-state index contributed by atoms with van der Waals surface area (Å²) in [6, 6.07) is 8.79. The first-order chi connectivity index (χ1) is 7.33. The van der Waals surface area contributed by atoms with Crippen molar-refractivity contribution in [3.05, 3.63) is 29.8 Å². The lowest BCUT2D eigenvalue weighted by molar-refractivity contribution is 0.223. The molecule has 0 aliphatic carbocycles. The van der Waals surface area contributed by atoms with E-state index in [-0.39, 0.29) is 5.41 Å². The highest BCUT2D eigenvalue weighted by Crippen LogP contribution is 2.25. The minimum atomic E-state index is 0.159. The summed E-state index contributed by atoms with van der Waals surface area (Å²) in [4.78, 5) is 2.37. The van der Waals surface area contributed by atoms with Crippen molar-refractivity contribution in [2.24, 2.45) is 0 Å². The summed E-state index contributed by atoms with van der Waals surface area (Å²) in [7, 11) is 2.17. The topological polar surface area (TPSA) is 29.3 Å². The highest BCUT2D eigenvalue weighted by Gasteiger charge is 2.23. The first-order valence-electron chi connectivity index (χ1n) is 5.89. The molecular weight excluding hydrogens is 196 g/mol. The number of rotatable bonds is 4. The van der Waals surface area contributed by atoms with Crippen LogP contribution in [0.15, 0.2) is 24.3 Å². The van der Waals surface area contributed by atoms with Crippen molar-refractivity contribution in [2.45, 2.75) is 39.2 Å². The molecule has 0 aliphatic heterocycles. The van der Waals surface area contributed by atoms with Crippen LogP contribution in [0.3, 0.4) is 0 Å². The summed E-state index contributed by atoms with van der Waals surface area (Å²) >= 11 is 0. The molecule has 0 aromatic heterocycles. The van der Waals surface area contributed by atoms with Gasteiger partial charge in [0.2, 0.25) is 0 Å². The summed E-state index contributed by atoms with van der Waals surface area (Å²) in [5.41, 5.74) is 8.04. The van der Waals surface area contributed by atoms with Crippen LogP contribution in [0.25, 0.3) is 0 Å². The number of nitrogens with zero attached hydrogens (tertiary/aromatic N) is 1. The van der Waals surface area contributed by atoms with Crippen molar-refractivity contribution in [1.29, 1.82) is 0 Å². The third-order valence-corrected chi connectivity index (χ3v) is 3.22. The summed E-state index contributed by atoms with van der Waals surface area (Å²) in [5, 5.41) is 0. The smallest absolute Gasteiger partial charge is 0.0314 e. The van der Waals surface area contributed by atoms with Gasteiger partial charge in [-0.05, 0) is 38.6 Å². The van der Waals surface area contributed by atoms with Crippen LogP contribution in [0.5, 0.6) is 0 Å². The van der Waals surface area contributed by atoms with Crippen molar-refractivity contribution in [3.63, 3.8) is 0 Å². The van der Waals surface area contributed by atoms with Crippen LogP contribution in [-0.2, 0) is 5.41 Å². The molecular formula is C14H24N2. The van der Waals surface area contributed by atoms with Crippen LogP contribution >= 0.6 is 0 Å². The molecule has 0 unspecified atom stereocenters. The zero-order valence-corrected chi connectivity index (χ0v) is 11.1. The van der Waals surface area contributed by atoms with Gasteiger partial charge in [0.05, 0.1) is 0 Å². The van der Waals surface area contributed by atoms with Crippen molar-refractivity contribution < 1.29 is 0 Å². The van der Waals surface area contributed by atoms with Gasteiger partial charge in [0.15, 0.2) is 0 Å². The van der Waals surface area contributed by atoms with Crippen LogP contribution in [0.1, 0.15) is 33.3 Å². The van der Waals surface area contributed by atoms with E-state index in [2.05, 4.69) is 51.8 Å². The van der Waals surface area contributed by atoms with Gasteiger partial charge in [-0.1, -0.05) is 26.0 Å². The highest BCUT2D eigenvalue weighted by molar-refractivity contribution is 5.41. The van der Waals surface area contributed by atoms with E-state index in [1.165, 1.54) is 5.56 Å². The number of nitrogens with two attached hydrogens (primary N) is 1. The lowest BCUT2D eigenvalue weighted by Crippen LogP contribution is -2.38. The van der Waals surface area contributed by atoms with Crippen molar-refractivity contribution in [2.75, 3.05) is 19.3 Å². The lowest BCUT2D eigenvalue weighted by atomic mass is 9.84. The molecule has 0 saturated heterocycles. The molecule has 1 aromatic rings. The molecule has 0 bridgehead atoms. The standard InChI is InChI=1S/C14H24N2/c1-11(2)16(5)10-14(3,4)12-6-8-13(15)9-7-12/h6-9,11H,10,15H2,1-5H3. The van der Waals surface area contributed by atoms with Gasteiger partial charge in [-0.15, -0.1) is 0 Å². The molecule has 90 valence electrons. The van der Waals surface area contributed by atoms with Gasteiger partial charge in [-0.2, -0.15) is 0 Å². The Bertz CT molecular complexity index is 325. The fourth-order valence-corrected chi connectivity index (χ4v) is 1.83. The summed E-state index contributed by atoms with van der Waals surface area (Å²) in [5.74, 6) is 0. The van der Waals surface area contributed by atoms with Gasteiger partial charge in [0, 0.05) is 23.7 Å². The average molecular weight is 220 g/mol. The predicted molar refractivity (Wildman–Crippen MR) is 71.6 cm³/mol. The van der Waals surface area contributed by atoms with Crippen LogP contribution in [0.4, 0.5) is 5.69 Å². The molecule has 16 heavy (non-hydrogen) atoms. The predicted octanol–water partition coefficient (Wildman–Crippen LogP) is 2.89. The van der Waals surface area contributed by atoms with E-state index < -0.39 is 0 Å². The van der Waals surface area contributed by atoms with Crippen LogP contribution in [0, 0.1) is 0 Å². The number of hydrogen-bond acceptors (Lipinski definition) is 2. The molecule has 0 aliphatic rings. The first kappa shape index (κ1) is 13.0. The van der Waals surface area contributed by atoms with E-state index in [4.69, 9.17) is 5.73 Å². The monoisotopic (exact) mass is 220 g/mol. The number of likely N-dealkylation sites (N-methyl/N-ethyl adjacent to an activating group) is 1. The van der Waals surface area contributed by atoms with E-state index in [0.717, 1.165) is 12.2 Å². The minimum absolute atomic E-state index is 0.159. The van der Waals surface area contributed by atoms with Crippen LogP contribution in [-0.4, -0.2) is 24.5 Å². The highest BCUT2D eigenvalue weighted by atomic mass is 15.1. The summed E-state index contributed by atoms with van der Waals surface area (Å²) in [6.45, 7) is 10.0. The first-order valence-corrected chi connectivity index (χ1v) is 5.89. The Morgan fingerprint density at radius 3 is 2.12 bits per heavy atom. The second-order valence-electron chi connectivity index (χ2n) is 5.51. The van der Waals surface area contributed by atoms with Crippen LogP contribution in [0.2, 0.25) is 0 Å². The maximum absolute atomic E-state index is 5.71. The fraction of sp³-hybridized carbons (Fsp3) is 0.571. The molecule has 1 aromatic carbocycles. The molecule has 2 nitrogen and oxygen atoms in total. The Labute approximate surface area is 99.5 Å². The van der Waals surface area contributed by atoms with Gasteiger partial charge >= 0.3 is 0 Å². The van der Waals surface area contributed by atoms with Crippen molar-refractivity contribution in [1.82, 2.24) is 4.90 Å². The molecule has 2 N–H and O–H groups in total. The van der Waals surface area contributed by atoms with E-state index in [0.29, 0.717) is 6.04 Å². The third kappa shape index (κ3) is 3.24. The summed E-state index contributed by atoms with van der Waals surface area (Å²) < 4.78 is 0. The number of anilines is 1.